The molecule has 1 aromatic heterocycles. The van der Waals surface area contributed by atoms with Crippen molar-refractivity contribution in [3.63, 3.8) is 0 Å². The number of aromatic nitrogens is 1. The Balaban J connectivity index is 2.77. The number of carboxylic acid groups (broad SMARTS) is 1. The van der Waals surface area contributed by atoms with Gasteiger partial charge < -0.3 is 25.0 Å². The second-order valence-electron chi connectivity index (χ2n) is 7.44. The van der Waals surface area contributed by atoms with Crippen molar-refractivity contribution >= 4 is 11.9 Å². The summed E-state index contributed by atoms with van der Waals surface area (Å²) in [5.74, 6) is -1.55. The van der Waals surface area contributed by atoms with Gasteiger partial charge in [-0.1, -0.05) is 0 Å². The number of nitrogens with zero attached hydrogens (tertiary/aromatic N) is 1. The molecule has 0 bridgehead atoms. The predicted octanol–water partition coefficient (Wildman–Crippen LogP) is 2.06. The third-order valence-electron chi connectivity index (χ3n) is 3.66. The third kappa shape index (κ3) is 6.88. The maximum Gasteiger partial charge on any atom is 0.355 e. The zero-order chi connectivity index (χ0) is 19.2. The van der Waals surface area contributed by atoms with Crippen LogP contribution >= 0.6 is 0 Å². The molecule has 0 aromatic carbocycles. The zero-order valence-corrected chi connectivity index (χ0v) is 16.2. The third-order valence-corrected chi connectivity index (χ3v) is 3.66. The molecule has 142 valence electrons. The molecule has 0 aliphatic heterocycles. The molecule has 7 heteroatoms. The number of carbonyl (C=O) groups is 2. The smallest absolute Gasteiger partial charge is 0.355 e. The highest BCUT2D eigenvalue weighted by atomic mass is 16.6. The van der Waals surface area contributed by atoms with Gasteiger partial charge in [0.1, 0.15) is 11.3 Å². The van der Waals surface area contributed by atoms with Crippen molar-refractivity contribution in [3.8, 4) is 0 Å². The Morgan fingerprint density at radius 1 is 1.24 bits per heavy atom. The number of likely N-dealkylation sites (N-methyl/N-ethyl adjacent to an activating group) is 1. The number of aromatic carboxylic acids is 1. The maximum absolute atomic E-state index is 12.3. The van der Waals surface area contributed by atoms with E-state index in [1.807, 2.05) is 14.1 Å². The van der Waals surface area contributed by atoms with E-state index in [1.165, 1.54) is 0 Å². The molecule has 0 atom stereocenters. The Bertz CT molecular complexity index is 600. The summed E-state index contributed by atoms with van der Waals surface area (Å²) in [5.41, 5.74) is 0.767. The molecule has 0 saturated heterocycles. The first kappa shape index (κ1) is 21.2. The highest BCUT2D eigenvalue weighted by molar-refractivity contribution is 5.97. The summed E-state index contributed by atoms with van der Waals surface area (Å²) >= 11 is 0. The van der Waals surface area contributed by atoms with Gasteiger partial charge in [0.05, 0.1) is 5.56 Å². The van der Waals surface area contributed by atoms with Crippen molar-refractivity contribution in [2.75, 3.05) is 33.7 Å². The van der Waals surface area contributed by atoms with Gasteiger partial charge in [0, 0.05) is 18.8 Å². The van der Waals surface area contributed by atoms with Gasteiger partial charge in [-0.25, -0.2) is 9.59 Å². The standard InChI is InChI=1S/C18H31N3O4/c1-12-14(16(22)23)13(8-7-9-19-10-11-21(5)6)20-15(12)17(24)25-18(2,3)4/h19-20H,7-11H2,1-6H3,(H,22,23). The van der Waals surface area contributed by atoms with Crippen molar-refractivity contribution < 1.29 is 19.4 Å². The van der Waals surface area contributed by atoms with Crippen LogP contribution in [0.25, 0.3) is 0 Å². The first-order chi connectivity index (χ1) is 11.5. The fourth-order valence-corrected chi connectivity index (χ4v) is 2.49. The Morgan fingerprint density at radius 3 is 2.40 bits per heavy atom. The number of aryl methyl sites for hydroxylation is 1. The molecule has 0 saturated carbocycles. The number of carbonyl (C=O) groups excluding carboxylic acids is 1. The van der Waals surface area contributed by atoms with E-state index in [0.717, 1.165) is 26.1 Å². The lowest BCUT2D eigenvalue weighted by molar-refractivity contribution is 0.00625. The highest BCUT2D eigenvalue weighted by Crippen LogP contribution is 2.22. The number of esters is 1. The minimum absolute atomic E-state index is 0.175. The van der Waals surface area contributed by atoms with Gasteiger partial charge in [-0.15, -0.1) is 0 Å². The van der Waals surface area contributed by atoms with Crippen LogP contribution in [-0.4, -0.2) is 66.3 Å². The van der Waals surface area contributed by atoms with E-state index in [-0.39, 0.29) is 11.3 Å². The van der Waals surface area contributed by atoms with Crippen LogP contribution in [0.5, 0.6) is 0 Å². The molecular formula is C18H31N3O4. The number of aromatic amines is 1. The molecule has 1 aromatic rings. The summed E-state index contributed by atoms with van der Waals surface area (Å²) in [5, 5.41) is 12.8. The van der Waals surface area contributed by atoms with E-state index >= 15 is 0 Å². The molecule has 0 amide bonds. The predicted molar refractivity (Wildman–Crippen MR) is 97.4 cm³/mol. The SMILES string of the molecule is Cc1c(C(=O)OC(C)(C)C)[nH]c(CCCNCCN(C)C)c1C(=O)O. The van der Waals surface area contributed by atoms with Crippen molar-refractivity contribution in [3.05, 3.63) is 22.5 Å². The summed E-state index contributed by atoms with van der Waals surface area (Å²) in [6, 6.07) is 0. The van der Waals surface area contributed by atoms with Crippen LogP contribution in [0.3, 0.4) is 0 Å². The number of hydrogen-bond acceptors (Lipinski definition) is 5. The number of carboxylic acids is 1. The second kappa shape index (κ2) is 9.01. The van der Waals surface area contributed by atoms with E-state index in [9.17, 15) is 14.7 Å². The summed E-state index contributed by atoms with van der Waals surface area (Å²) in [7, 11) is 4.03. The molecule has 0 aliphatic rings. The Labute approximate surface area is 149 Å². The highest BCUT2D eigenvalue weighted by Gasteiger charge is 2.26. The van der Waals surface area contributed by atoms with Gasteiger partial charge in [0.2, 0.25) is 0 Å². The van der Waals surface area contributed by atoms with E-state index in [4.69, 9.17) is 4.74 Å². The van der Waals surface area contributed by atoms with E-state index in [1.54, 1.807) is 27.7 Å². The van der Waals surface area contributed by atoms with Crippen molar-refractivity contribution in [2.24, 2.45) is 0 Å². The molecule has 1 rings (SSSR count). The molecular weight excluding hydrogens is 322 g/mol. The van der Waals surface area contributed by atoms with Crippen molar-refractivity contribution in [1.82, 2.24) is 15.2 Å². The van der Waals surface area contributed by atoms with Crippen molar-refractivity contribution in [1.29, 1.82) is 0 Å². The van der Waals surface area contributed by atoms with E-state index in [2.05, 4.69) is 15.2 Å². The normalized spacial score (nSPS) is 11.8. The van der Waals surface area contributed by atoms with E-state index in [0.29, 0.717) is 17.7 Å². The fourth-order valence-electron chi connectivity index (χ4n) is 2.49. The Morgan fingerprint density at radius 2 is 1.88 bits per heavy atom. The van der Waals surface area contributed by atoms with Crippen LogP contribution in [0.4, 0.5) is 0 Å². The van der Waals surface area contributed by atoms with Crippen LogP contribution < -0.4 is 5.32 Å². The van der Waals surface area contributed by atoms with Crippen LogP contribution in [-0.2, 0) is 11.2 Å². The van der Waals surface area contributed by atoms with E-state index < -0.39 is 17.5 Å². The lowest BCUT2D eigenvalue weighted by Gasteiger charge is -2.19. The largest absolute Gasteiger partial charge is 0.478 e. The molecule has 0 aliphatic carbocycles. The van der Waals surface area contributed by atoms with Crippen molar-refractivity contribution in [2.45, 2.75) is 46.1 Å². The maximum atomic E-state index is 12.3. The van der Waals surface area contributed by atoms with Gasteiger partial charge in [-0.3, -0.25) is 0 Å². The minimum Gasteiger partial charge on any atom is -0.478 e. The number of nitrogens with one attached hydrogen (secondary N) is 2. The monoisotopic (exact) mass is 353 g/mol. The Kier molecular flexibility index (Phi) is 7.63. The van der Waals surface area contributed by atoms with Crippen LogP contribution in [0, 0.1) is 6.92 Å². The van der Waals surface area contributed by atoms with Crippen LogP contribution in [0.2, 0.25) is 0 Å². The molecule has 1 heterocycles. The summed E-state index contributed by atoms with van der Waals surface area (Å²) in [6.45, 7) is 9.59. The minimum atomic E-state index is -1.03. The molecule has 7 nitrogen and oxygen atoms in total. The van der Waals surface area contributed by atoms with Gasteiger partial charge >= 0.3 is 11.9 Å². The number of hydrogen-bond donors (Lipinski definition) is 3. The van der Waals surface area contributed by atoms with Crippen LogP contribution in [0.1, 0.15) is 59.3 Å². The molecule has 25 heavy (non-hydrogen) atoms. The fraction of sp³-hybridized carbons (Fsp3) is 0.667. The molecule has 3 N–H and O–H groups in total. The van der Waals surface area contributed by atoms with Gasteiger partial charge in [-0.05, 0) is 66.7 Å². The number of ether oxygens (including phenoxy) is 1. The summed E-state index contributed by atoms with van der Waals surface area (Å²) < 4.78 is 5.35. The molecule has 0 spiro atoms. The quantitative estimate of drug-likeness (QED) is 0.465. The molecule has 0 fully saturated rings. The molecule has 0 radical (unpaired) electrons. The van der Waals surface area contributed by atoms with Gasteiger partial charge in [0.15, 0.2) is 0 Å². The average Bonchev–Trinajstić information content (AvgIpc) is 2.77. The number of H-pyrrole nitrogens is 1. The topological polar surface area (TPSA) is 94.7 Å². The molecule has 0 unspecified atom stereocenters. The lowest BCUT2D eigenvalue weighted by atomic mass is 10.1. The first-order valence-electron chi connectivity index (χ1n) is 8.56. The lowest BCUT2D eigenvalue weighted by Crippen LogP contribution is -2.27. The van der Waals surface area contributed by atoms with Gasteiger partial charge in [0.25, 0.3) is 0 Å². The Hall–Kier alpha value is -1.86. The van der Waals surface area contributed by atoms with Gasteiger partial charge in [-0.2, -0.15) is 0 Å². The summed E-state index contributed by atoms with van der Waals surface area (Å²) in [4.78, 5) is 28.9. The summed E-state index contributed by atoms with van der Waals surface area (Å²) in [6.07, 6.45) is 1.33. The zero-order valence-electron chi connectivity index (χ0n) is 16.2. The number of rotatable bonds is 9. The average molecular weight is 353 g/mol. The second-order valence-corrected chi connectivity index (χ2v) is 7.44. The first-order valence-corrected chi connectivity index (χ1v) is 8.56. The van der Waals surface area contributed by atoms with Crippen LogP contribution in [0.15, 0.2) is 0 Å².